The molecule has 0 radical (unpaired) electrons. The van der Waals surface area contributed by atoms with Gasteiger partial charge < -0.3 is 15.4 Å². The van der Waals surface area contributed by atoms with Crippen LogP contribution in [0.4, 0.5) is 24.7 Å². The van der Waals surface area contributed by atoms with Gasteiger partial charge in [-0.25, -0.2) is 14.8 Å². The molecule has 0 unspecified atom stereocenters. The summed E-state index contributed by atoms with van der Waals surface area (Å²) in [6.45, 7) is 5.03. The van der Waals surface area contributed by atoms with Gasteiger partial charge in [0.1, 0.15) is 12.1 Å². The first-order valence-electron chi connectivity index (χ1n) is 10.8. The Morgan fingerprint density at radius 2 is 1.91 bits per heavy atom. The van der Waals surface area contributed by atoms with E-state index in [2.05, 4.69) is 42.4 Å². The topological polar surface area (TPSA) is 79.4 Å². The molecule has 0 spiro atoms. The summed E-state index contributed by atoms with van der Waals surface area (Å²) < 4.78 is 42.8. The average molecular weight is 520 g/mol. The van der Waals surface area contributed by atoms with Gasteiger partial charge in [0.25, 0.3) is 0 Å². The first kappa shape index (κ1) is 23.7. The zero-order chi connectivity index (χ0) is 24.4. The Morgan fingerprint density at radius 3 is 2.71 bits per heavy atom. The standard InChI is InChI=1S/C23H20F3N5O2S2/c24-23(25,26)22(32)33-15-3-1-2-14(10-15)30-21-20-17(28-13-29-21)11-19(35-20)18-5-4-16(34-18)12-31-8-6-27-7-9-31/h1-5,10-11,13,27H,6-9,12H2,(H,28,29,30). The smallest absolute Gasteiger partial charge is 0.420 e. The third-order valence-electron chi connectivity index (χ3n) is 5.34. The van der Waals surface area contributed by atoms with Crippen molar-refractivity contribution in [1.82, 2.24) is 20.2 Å². The molecule has 35 heavy (non-hydrogen) atoms. The molecule has 4 aromatic rings. The fourth-order valence-electron chi connectivity index (χ4n) is 3.69. The lowest BCUT2D eigenvalue weighted by molar-refractivity contribution is -0.189. The van der Waals surface area contributed by atoms with Gasteiger partial charge in [-0.15, -0.1) is 22.7 Å². The summed E-state index contributed by atoms with van der Waals surface area (Å²) in [7, 11) is 0. The number of alkyl halides is 3. The number of carbonyl (C=O) groups is 1. The normalized spacial score (nSPS) is 14.8. The lowest BCUT2D eigenvalue weighted by atomic mass is 10.3. The number of piperazine rings is 1. The van der Waals surface area contributed by atoms with E-state index in [1.54, 1.807) is 17.4 Å². The number of nitrogens with one attached hydrogen (secondary N) is 2. The van der Waals surface area contributed by atoms with Crippen molar-refractivity contribution in [3.05, 3.63) is 53.7 Å². The number of anilines is 2. The van der Waals surface area contributed by atoms with Crippen molar-refractivity contribution in [3.63, 3.8) is 0 Å². The molecule has 0 aliphatic carbocycles. The van der Waals surface area contributed by atoms with Crippen LogP contribution >= 0.6 is 22.7 Å². The number of hydrogen-bond acceptors (Lipinski definition) is 9. The number of halogens is 3. The molecular weight excluding hydrogens is 499 g/mol. The maximum absolute atomic E-state index is 12.5. The van der Waals surface area contributed by atoms with Crippen molar-refractivity contribution in [2.75, 3.05) is 31.5 Å². The van der Waals surface area contributed by atoms with Crippen LogP contribution in [0.25, 0.3) is 20.0 Å². The van der Waals surface area contributed by atoms with Crippen LogP contribution in [0.3, 0.4) is 0 Å². The van der Waals surface area contributed by atoms with Crippen LogP contribution in [0.1, 0.15) is 4.88 Å². The van der Waals surface area contributed by atoms with Gasteiger partial charge in [0.2, 0.25) is 0 Å². The number of hydrogen-bond donors (Lipinski definition) is 2. The lowest BCUT2D eigenvalue weighted by Gasteiger charge is -2.26. The summed E-state index contributed by atoms with van der Waals surface area (Å²) in [5.74, 6) is -1.97. The molecule has 5 rings (SSSR count). The second kappa shape index (κ2) is 9.90. The van der Waals surface area contributed by atoms with Crippen molar-refractivity contribution >= 4 is 50.4 Å². The number of ether oxygens (including phenoxy) is 1. The predicted octanol–water partition coefficient (Wildman–Crippen LogP) is 5.04. The molecule has 182 valence electrons. The molecule has 1 saturated heterocycles. The Labute approximate surface area is 206 Å². The Bertz CT molecular complexity index is 1350. The third-order valence-corrected chi connectivity index (χ3v) is 7.74. The van der Waals surface area contributed by atoms with Gasteiger partial charge in [0.15, 0.2) is 5.82 Å². The summed E-state index contributed by atoms with van der Waals surface area (Å²) in [5, 5.41) is 6.46. The summed E-state index contributed by atoms with van der Waals surface area (Å²) in [6, 6.07) is 12.0. The summed E-state index contributed by atoms with van der Waals surface area (Å²) >= 11 is 3.29. The molecule has 4 heterocycles. The number of nitrogens with zero attached hydrogens (tertiary/aromatic N) is 3. The molecule has 2 N–H and O–H groups in total. The zero-order valence-corrected chi connectivity index (χ0v) is 19.9. The fraction of sp³-hybridized carbons (Fsp3) is 0.261. The highest BCUT2D eigenvalue weighted by molar-refractivity contribution is 7.26. The van der Waals surface area contributed by atoms with Crippen LogP contribution < -0.4 is 15.4 Å². The van der Waals surface area contributed by atoms with Gasteiger partial charge in [-0.3, -0.25) is 4.90 Å². The molecule has 1 aliphatic heterocycles. The van der Waals surface area contributed by atoms with Crippen LogP contribution in [0.15, 0.2) is 48.8 Å². The molecule has 0 amide bonds. The monoisotopic (exact) mass is 519 g/mol. The van der Waals surface area contributed by atoms with Gasteiger partial charge in [0, 0.05) is 59.1 Å². The van der Waals surface area contributed by atoms with Crippen molar-refractivity contribution in [3.8, 4) is 15.5 Å². The highest BCUT2D eigenvalue weighted by Gasteiger charge is 2.41. The highest BCUT2D eigenvalue weighted by Crippen LogP contribution is 2.39. The molecule has 1 aromatic carbocycles. The van der Waals surface area contributed by atoms with E-state index < -0.39 is 12.1 Å². The minimum absolute atomic E-state index is 0.218. The van der Waals surface area contributed by atoms with Gasteiger partial charge in [0.05, 0.1) is 10.2 Å². The Hall–Kier alpha value is -3.06. The molecule has 0 saturated carbocycles. The maximum Gasteiger partial charge on any atom is 0.491 e. The second-order valence-corrected chi connectivity index (χ2v) is 10.1. The van der Waals surface area contributed by atoms with Crippen molar-refractivity contribution < 1.29 is 22.7 Å². The number of esters is 1. The molecule has 0 bridgehead atoms. The number of benzene rings is 1. The molecule has 7 nitrogen and oxygen atoms in total. The number of aromatic nitrogens is 2. The SMILES string of the molecule is O=C(Oc1cccc(Nc2ncnc3cc(-c4ccc(CN5CCNCC5)s4)sc23)c1)C(F)(F)F. The average Bonchev–Trinajstić information content (AvgIpc) is 3.47. The van der Waals surface area contributed by atoms with E-state index in [9.17, 15) is 18.0 Å². The second-order valence-electron chi connectivity index (χ2n) is 7.88. The minimum Gasteiger partial charge on any atom is -0.420 e. The van der Waals surface area contributed by atoms with E-state index in [1.807, 2.05) is 6.07 Å². The third kappa shape index (κ3) is 5.61. The van der Waals surface area contributed by atoms with Gasteiger partial charge >= 0.3 is 12.1 Å². The number of rotatable bonds is 6. The lowest BCUT2D eigenvalue weighted by Crippen LogP contribution is -2.42. The van der Waals surface area contributed by atoms with Crippen molar-refractivity contribution in [2.45, 2.75) is 12.7 Å². The van der Waals surface area contributed by atoms with E-state index in [4.69, 9.17) is 0 Å². The van der Waals surface area contributed by atoms with Crippen molar-refractivity contribution in [1.29, 1.82) is 0 Å². The van der Waals surface area contributed by atoms with Crippen LogP contribution in [0, 0.1) is 0 Å². The fourth-order valence-corrected chi connectivity index (χ4v) is 5.88. The van der Waals surface area contributed by atoms with Crippen molar-refractivity contribution in [2.24, 2.45) is 0 Å². The van der Waals surface area contributed by atoms with Gasteiger partial charge in [-0.2, -0.15) is 13.2 Å². The number of thiophene rings is 2. The van der Waals surface area contributed by atoms with Gasteiger partial charge in [-0.1, -0.05) is 6.07 Å². The Kier molecular flexibility index (Phi) is 6.69. The molecule has 0 atom stereocenters. The van der Waals surface area contributed by atoms with Crippen LogP contribution in [0.2, 0.25) is 0 Å². The predicted molar refractivity (Wildman–Crippen MR) is 130 cm³/mol. The molecule has 3 aromatic heterocycles. The Morgan fingerprint density at radius 1 is 1.09 bits per heavy atom. The zero-order valence-electron chi connectivity index (χ0n) is 18.3. The quantitative estimate of drug-likeness (QED) is 0.273. The molecule has 1 fully saturated rings. The first-order valence-corrected chi connectivity index (χ1v) is 12.4. The van der Waals surface area contributed by atoms with Crippen LogP contribution in [-0.2, 0) is 11.3 Å². The molecule has 1 aliphatic rings. The number of carbonyl (C=O) groups excluding carboxylic acids is 1. The van der Waals surface area contributed by atoms with Gasteiger partial charge in [-0.05, 0) is 30.3 Å². The van der Waals surface area contributed by atoms with Crippen LogP contribution in [0.5, 0.6) is 5.75 Å². The van der Waals surface area contributed by atoms with E-state index in [1.165, 1.54) is 40.7 Å². The van der Waals surface area contributed by atoms with E-state index in [0.717, 1.165) is 52.7 Å². The van der Waals surface area contributed by atoms with E-state index >= 15 is 0 Å². The minimum atomic E-state index is -5.07. The summed E-state index contributed by atoms with van der Waals surface area (Å²) in [5.41, 5.74) is 1.20. The largest absolute Gasteiger partial charge is 0.491 e. The van der Waals surface area contributed by atoms with Crippen LogP contribution in [-0.4, -0.2) is 53.2 Å². The molecular formula is C23H20F3N5O2S2. The highest BCUT2D eigenvalue weighted by atomic mass is 32.1. The van der Waals surface area contributed by atoms with E-state index in [-0.39, 0.29) is 5.75 Å². The number of fused-ring (bicyclic) bond motifs is 1. The van der Waals surface area contributed by atoms with E-state index in [0.29, 0.717) is 11.5 Å². The summed E-state index contributed by atoms with van der Waals surface area (Å²) in [6.07, 6.45) is -3.64. The molecule has 12 heteroatoms. The Balaban J connectivity index is 1.34. The maximum atomic E-state index is 12.5. The first-order chi connectivity index (χ1) is 16.8. The summed E-state index contributed by atoms with van der Waals surface area (Å²) in [4.78, 5) is 25.8.